The van der Waals surface area contributed by atoms with Crippen LogP contribution in [0.5, 0.6) is 0 Å². The zero-order chi connectivity index (χ0) is 16.0. The van der Waals surface area contributed by atoms with E-state index in [0.29, 0.717) is 24.6 Å². The molecule has 2 unspecified atom stereocenters. The normalized spacial score (nSPS) is 27.4. The molecular formula is C18H21N3O2. The minimum absolute atomic E-state index is 0.0116. The Hall–Kier alpha value is -2.14. The Balaban J connectivity index is 1.57. The number of carbonyl (C=O) groups is 1. The molecule has 1 N–H and O–H groups in total. The molecule has 1 saturated carbocycles. The number of β-amino-alcohol motifs (C(OH)–C–C–N with tert-alkyl or cyclic N) is 1. The molecule has 2 aromatic rings. The highest BCUT2D eigenvalue weighted by atomic mass is 16.3. The van der Waals surface area contributed by atoms with Crippen LogP contribution in [0.25, 0.3) is 5.69 Å². The molecule has 5 heteroatoms. The Kier molecular flexibility index (Phi) is 3.27. The van der Waals surface area contributed by atoms with Gasteiger partial charge in [0.15, 0.2) is 0 Å². The predicted octanol–water partition coefficient (Wildman–Crippen LogP) is 2.11. The Morgan fingerprint density at radius 2 is 2.17 bits per heavy atom. The number of likely N-dealkylation sites (tertiary alicyclic amines) is 1. The van der Waals surface area contributed by atoms with Gasteiger partial charge < -0.3 is 10.0 Å². The predicted molar refractivity (Wildman–Crippen MR) is 86.3 cm³/mol. The van der Waals surface area contributed by atoms with E-state index >= 15 is 0 Å². The first kappa shape index (κ1) is 14.5. The molecule has 0 radical (unpaired) electrons. The smallest absolute Gasteiger partial charge is 0.254 e. The minimum atomic E-state index is -0.699. The molecule has 1 saturated heterocycles. The van der Waals surface area contributed by atoms with E-state index < -0.39 is 5.60 Å². The van der Waals surface area contributed by atoms with Crippen molar-refractivity contribution in [1.29, 1.82) is 0 Å². The van der Waals surface area contributed by atoms with E-state index in [-0.39, 0.29) is 11.8 Å². The fourth-order valence-electron chi connectivity index (χ4n) is 3.67. The van der Waals surface area contributed by atoms with E-state index in [9.17, 15) is 9.90 Å². The van der Waals surface area contributed by atoms with Crippen LogP contribution in [-0.2, 0) is 0 Å². The van der Waals surface area contributed by atoms with E-state index in [1.807, 2.05) is 43.5 Å². The van der Waals surface area contributed by atoms with Gasteiger partial charge in [-0.3, -0.25) is 4.79 Å². The molecule has 2 aliphatic rings. The highest BCUT2D eigenvalue weighted by Gasteiger charge is 2.53. The van der Waals surface area contributed by atoms with Crippen LogP contribution in [0.15, 0.2) is 42.7 Å². The molecule has 1 aromatic carbocycles. The number of aliphatic hydroxyl groups is 1. The highest BCUT2D eigenvalue weighted by molar-refractivity contribution is 5.95. The van der Waals surface area contributed by atoms with Crippen LogP contribution in [0, 0.1) is 11.8 Å². The van der Waals surface area contributed by atoms with Gasteiger partial charge in [0.25, 0.3) is 5.91 Å². The third-order valence-electron chi connectivity index (χ3n) is 5.23. The van der Waals surface area contributed by atoms with Crippen LogP contribution in [0.4, 0.5) is 0 Å². The molecule has 0 bridgehead atoms. The van der Waals surface area contributed by atoms with Crippen LogP contribution in [0.3, 0.4) is 0 Å². The zero-order valence-corrected chi connectivity index (χ0v) is 13.2. The number of amides is 1. The average molecular weight is 311 g/mol. The Morgan fingerprint density at radius 3 is 2.87 bits per heavy atom. The molecule has 0 spiro atoms. The first-order chi connectivity index (χ1) is 11.1. The lowest BCUT2D eigenvalue weighted by atomic mass is 9.88. The van der Waals surface area contributed by atoms with E-state index in [2.05, 4.69) is 5.10 Å². The third kappa shape index (κ3) is 2.45. The van der Waals surface area contributed by atoms with Crippen molar-refractivity contribution in [2.45, 2.75) is 25.4 Å². The Labute approximate surface area is 135 Å². The SMILES string of the molecule is CC1CN(C(=O)c2cccc(-n3cccn3)c2)CC1(O)C1CC1. The summed E-state index contributed by atoms with van der Waals surface area (Å²) in [6.07, 6.45) is 5.73. The molecular weight excluding hydrogens is 290 g/mol. The van der Waals surface area contributed by atoms with Crippen molar-refractivity contribution in [2.75, 3.05) is 13.1 Å². The van der Waals surface area contributed by atoms with Gasteiger partial charge in [-0.25, -0.2) is 4.68 Å². The van der Waals surface area contributed by atoms with Crippen molar-refractivity contribution in [3.05, 3.63) is 48.3 Å². The monoisotopic (exact) mass is 311 g/mol. The van der Waals surface area contributed by atoms with Crippen LogP contribution in [0.1, 0.15) is 30.1 Å². The number of nitrogens with zero attached hydrogens (tertiary/aromatic N) is 3. The molecule has 120 valence electrons. The molecule has 2 atom stereocenters. The van der Waals surface area contributed by atoms with Crippen LogP contribution < -0.4 is 0 Å². The summed E-state index contributed by atoms with van der Waals surface area (Å²) in [7, 11) is 0. The lowest BCUT2D eigenvalue weighted by Crippen LogP contribution is -2.40. The molecule has 1 aliphatic carbocycles. The van der Waals surface area contributed by atoms with Crippen molar-refractivity contribution >= 4 is 5.91 Å². The van der Waals surface area contributed by atoms with Gasteiger partial charge in [-0.05, 0) is 43.0 Å². The van der Waals surface area contributed by atoms with Gasteiger partial charge in [0, 0.05) is 30.4 Å². The summed E-state index contributed by atoms with van der Waals surface area (Å²) in [5.74, 6) is 0.487. The Bertz CT molecular complexity index is 724. The summed E-state index contributed by atoms with van der Waals surface area (Å²) in [6, 6.07) is 9.34. The van der Waals surface area contributed by atoms with Crippen molar-refractivity contribution in [3.8, 4) is 5.69 Å². The fourth-order valence-corrected chi connectivity index (χ4v) is 3.67. The number of hydrogen-bond acceptors (Lipinski definition) is 3. The zero-order valence-electron chi connectivity index (χ0n) is 13.2. The lowest BCUT2D eigenvalue weighted by molar-refractivity contribution is -0.00364. The topological polar surface area (TPSA) is 58.4 Å². The van der Waals surface area contributed by atoms with Crippen LogP contribution >= 0.6 is 0 Å². The maximum atomic E-state index is 12.8. The van der Waals surface area contributed by atoms with E-state index in [4.69, 9.17) is 0 Å². The maximum absolute atomic E-state index is 12.8. The van der Waals surface area contributed by atoms with E-state index in [0.717, 1.165) is 18.5 Å². The second-order valence-corrected chi connectivity index (χ2v) is 6.85. The van der Waals surface area contributed by atoms with Crippen molar-refractivity contribution < 1.29 is 9.90 Å². The van der Waals surface area contributed by atoms with Crippen LogP contribution in [-0.4, -0.2) is 44.4 Å². The minimum Gasteiger partial charge on any atom is -0.387 e. The van der Waals surface area contributed by atoms with Gasteiger partial charge >= 0.3 is 0 Å². The molecule has 2 fully saturated rings. The maximum Gasteiger partial charge on any atom is 0.254 e. The third-order valence-corrected chi connectivity index (χ3v) is 5.23. The summed E-state index contributed by atoms with van der Waals surface area (Å²) in [5, 5.41) is 15.1. The quantitative estimate of drug-likeness (QED) is 0.944. The summed E-state index contributed by atoms with van der Waals surface area (Å²) in [6.45, 7) is 3.12. The average Bonchev–Trinajstić information content (AvgIpc) is 3.19. The second-order valence-electron chi connectivity index (χ2n) is 6.85. The first-order valence-corrected chi connectivity index (χ1v) is 8.19. The van der Waals surface area contributed by atoms with Gasteiger partial charge in [0.2, 0.25) is 0 Å². The number of benzene rings is 1. The van der Waals surface area contributed by atoms with Gasteiger partial charge in [-0.15, -0.1) is 0 Å². The first-order valence-electron chi connectivity index (χ1n) is 8.19. The number of hydrogen-bond donors (Lipinski definition) is 1. The number of rotatable bonds is 3. The summed E-state index contributed by atoms with van der Waals surface area (Å²) >= 11 is 0. The lowest BCUT2D eigenvalue weighted by Gasteiger charge is -2.26. The molecule has 4 rings (SSSR count). The van der Waals surface area contributed by atoms with Gasteiger partial charge in [0.05, 0.1) is 17.8 Å². The summed E-state index contributed by atoms with van der Waals surface area (Å²) in [5.41, 5.74) is 0.811. The molecule has 2 heterocycles. The fraction of sp³-hybridized carbons (Fsp3) is 0.444. The van der Waals surface area contributed by atoms with Gasteiger partial charge in [0.1, 0.15) is 0 Å². The molecule has 1 aromatic heterocycles. The standard InChI is InChI=1S/C18H21N3O2/c1-13-11-20(12-18(13,23)15-6-7-15)17(22)14-4-2-5-16(10-14)21-9-3-8-19-21/h2-5,8-10,13,15,23H,6-7,11-12H2,1H3. The van der Waals surface area contributed by atoms with Crippen molar-refractivity contribution in [2.24, 2.45) is 11.8 Å². The van der Waals surface area contributed by atoms with E-state index in [1.54, 1.807) is 15.8 Å². The van der Waals surface area contributed by atoms with Crippen LogP contribution in [0.2, 0.25) is 0 Å². The number of aromatic nitrogens is 2. The number of carbonyl (C=O) groups excluding carboxylic acids is 1. The van der Waals surface area contributed by atoms with Crippen molar-refractivity contribution in [3.63, 3.8) is 0 Å². The van der Waals surface area contributed by atoms with Crippen molar-refractivity contribution in [1.82, 2.24) is 14.7 Å². The summed E-state index contributed by atoms with van der Waals surface area (Å²) in [4.78, 5) is 14.6. The van der Waals surface area contributed by atoms with Gasteiger partial charge in [-0.2, -0.15) is 5.10 Å². The Morgan fingerprint density at radius 1 is 1.35 bits per heavy atom. The molecule has 23 heavy (non-hydrogen) atoms. The van der Waals surface area contributed by atoms with Gasteiger partial charge in [-0.1, -0.05) is 13.0 Å². The highest BCUT2D eigenvalue weighted by Crippen LogP contribution is 2.47. The summed E-state index contributed by atoms with van der Waals surface area (Å²) < 4.78 is 1.74. The molecule has 1 aliphatic heterocycles. The largest absolute Gasteiger partial charge is 0.387 e. The van der Waals surface area contributed by atoms with E-state index in [1.165, 1.54) is 0 Å². The molecule has 1 amide bonds. The molecule has 5 nitrogen and oxygen atoms in total. The second kappa shape index (κ2) is 5.20.